The normalized spacial score (nSPS) is 11.0. The number of carbonyl (C=O) groups is 2. The third kappa shape index (κ3) is 4.21. The summed E-state index contributed by atoms with van der Waals surface area (Å²) >= 11 is 0. The van der Waals surface area contributed by atoms with Crippen molar-refractivity contribution in [1.82, 2.24) is 0 Å². The molecule has 0 saturated heterocycles. The van der Waals surface area contributed by atoms with E-state index in [1.54, 1.807) is 12.1 Å². The van der Waals surface area contributed by atoms with Crippen molar-refractivity contribution >= 4 is 34.2 Å². The zero-order chi connectivity index (χ0) is 22.0. The molecule has 0 unspecified atom stereocenters. The van der Waals surface area contributed by atoms with Gasteiger partial charge in [0.25, 0.3) is 5.91 Å². The number of furan rings is 1. The first-order chi connectivity index (χ1) is 14.9. The van der Waals surface area contributed by atoms with Crippen LogP contribution in [0.5, 0.6) is 0 Å². The second-order valence-corrected chi connectivity index (χ2v) is 7.78. The smallest absolute Gasteiger partial charge is 0.291 e. The SMILES string of the molecule is Cc1c(C(=O)Nc2ccc(-c3ccccc3)cc2)oc2cccc(NC(=O)C(C)C)c12. The van der Waals surface area contributed by atoms with Gasteiger partial charge in [0.2, 0.25) is 5.91 Å². The monoisotopic (exact) mass is 412 g/mol. The topological polar surface area (TPSA) is 71.3 Å². The minimum Gasteiger partial charge on any atom is -0.451 e. The van der Waals surface area contributed by atoms with E-state index in [1.165, 1.54) is 0 Å². The van der Waals surface area contributed by atoms with Crippen LogP contribution in [0.4, 0.5) is 11.4 Å². The predicted molar refractivity (Wildman–Crippen MR) is 124 cm³/mol. The molecule has 0 radical (unpaired) electrons. The van der Waals surface area contributed by atoms with Gasteiger partial charge in [-0.1, -0.05) is 62.4 Å². The maximum atomic E-state index is 12.9. The minimum absolute atomic E-state index is 0.0855. The Morgan fingerprint density at radius 2 is 1.48 bits per heavy atom. The molecule has 0 atom stereocenters. The van der Waals surface area contributed by atoms with E-state index in [-0.39, 0.29) is 23.5 Å². The summed E-state index contributed by atoms with van der Waals surface area (Å²) in [5.41, 5.74) is 4.76. The third-order valence-electron chi connectivity index (χ3n) is 5.19. The Hall–Kier alpha value is -3.86. The molecular weight excluding hydrogens is 388 g/mol. The van der Waals surface area contributed by atoms with E-state index in [1.807, 2.05) is 81.4 Å². The van der Waals surface area contributed by atoms with Crippen LogP contribution in [-0.2, 0) is 4.79 Å². The average molecular weight is 412 g/mol. The summed E-state index contributed by atoms with van der Waals surface area (Å²) in [6, 6.07) is 23.1. The van der Waals surface area contributed by atoms with E-state index in [4.69, 9.17) is 4.42 Å². The Bertz CT molecular complexity index is 1240. The van der Waals surface area contributed by atoms with Gasteiger partial charge in [-0.2, -0.15) is 0 Å². The largest absolute Gasteiger partial charge is 0.451 e. The van der Waals surface area contributed by atoms with Crippen molar-refractivity contribution in [3.8, 4) is 11.1 Å². The molecule has 0 fully saturated rings. The number of hydrogen-bond donors (Lipinski definition) is 2. The van der Waals surface area contributed by atoms with Gasteiger partial charge in [0.15, 0.2) is 5.76 Å². The maximum absolute atomic E-state index is 12.9. The molecule has 31 heavy (non-hydrogen) atoms. The zero-order valence-corrected chi connectivity index (χ0v) is 17.7. The lowest BCUT2D eigenvalue weighted by molar-refractivity contribution is -0.118. The highest BCUT2D eigenvalue weighted by atomic mass is 16.3. The molecular formula is C26H24N2O3. The first-order valence-electron chi connectivity index (χ1n) is 10.2. The molecule has 5 heteroatoms. The van der Waals surface area contributed by atoms with Gasteiger partial charge >= 0.3 is 0 Å². The van der Waals surface area contributed by atoms with Crippen LogP contribution in [0.25, 0.3) is 22.1 Å². The lowest BCUT2D eigenvalue weighted by Crippen LogP contribution is -2.17. The molecule has 0 spiro atoms. The molecule has 0 saturated carbocycles. The third-order valence-corrected chi connectivity index (χ3v) is 5.19. The van der Waals surface area contributed by atoms with Gasteiger partial charge in [0, 0.05) is 22.6 Å². The van der Waals surface area contributed by atoms with Gasteiger partial charge in [-0.05, 0) is 42.3 Å². The fourth-order valence-electron chi connectivity index (χ4n) is 3.47. The Kier molecular flexibility index (Phi) is 5.58. The van der Waals surface area contributed by atoms with Gasteiger partial charge in [-0.3, -0.25) is 9.59 Å². The van der Waals surface area contributed by atoms with Crippen LogP contribution in [0, 0.1) is 12.8 Å². The first-order valence-corrected chi connectivity index (χ1v) is 10.2. The van der Waals surface area contributed by atoms with E-state index in [2.05, 4.69) is 10.6 Å². The van der Waals surface area contributed by atoms with Crippen LogP contribution < -0.4 is 10.6 Å². The highest BCUT2D eigenvalue weighted by Crippen LogP contribution is 2.32. The highest BCUT2D eigenvalue weighted by Gasteiger charge is 2.21. The number of rotatable bonds is 5. The van der Waals surface area contributed by atoms with Gasteiger partial charge in [-0.25, -0.2) is 0 Å². The summed E-state index contributed by atoms with van der Waals surface area (Å²) in [4.78, 5) is 25.1. The number of anilines is 2. The maximum Gasteiger partial charge on any atom is 0.291 e. The van der Waals surface area contributed by atoms with Crippen molar-refractivity contribution in [3.63, 3.8) is 0 Å². The summed E-state index contributed by atoms with van der Waals surface area (Å²) in [7, 11) is 0. The van der Waals surface area contributed by atoms with Crippen molar-refractivity contribution in [2.75, 3.05) is 10.6 Å². The second-order valence-electron chi connectivity index (χ2n) is 7.78. The molecule has 4 rings (SSSR count). The number of carbonyl (C=O) groups excluding carboxylic acids is 2. The molecule has 0 aliphatic heterocycles. The molecule has 1 aromatic heterocycles. The van der Waals surface area contributed by atoms with Crippen molar-refractivity contribution in [3.05, 3.63) is 84.1 Å². The molecule has 0 aliphatic rings. The van der Waals surface area contributed by atoms with Crippen LogP contribution in [0.2, 0.25) is 0 Å². The van der Waals surface area contributed by atoms with Crippen molar-refractivity contribution < 1.29 is 14.0 Å². The Labute approximate surface area is 181 Å². The molecule has 0 bridgehead atoms. The Balaban J connectivity index is 1.58. The summed E-state index contributed by atoms with van der Waals surface area (Å²) in [5, 5.41) is 6.55. The van der Waals surface area contributed by atoms with E-state index in [0.29, 0.717) is 22.5 Å². The van der Waals surface area contributed by atoms with Crippen molar-refractivity contribution in [2.45, 2.75) is 20.8 Å². The lowest BCUT2D eigenvalue weighted by Gasteiger charge is -2.09. The van der Waals surface area contributed by atoms with Crippen molar-refractivity contribution in [2.24, 2.45) is 5.92 Å². The second kappa shape index (κ2) is 8.48. The predicted octanol–water partition coefficient (Wildman–Crippen LogP) is 6.26. The molecule has 2 amide bonds. The van der Waals surface area contributed by atoms with Crippen molar-refractivity contribution in [1.29, 1.82) is 0 Å². The first kappa shape index (κ1) is 20.4. The molecule has 1 heterocycles. The number of fused-ring (bicyclic) bond motifs is 1. The quantitative estimate of drug-likeness (QED) is 0.407. The number of amides is 2. The molecule has 0 aliphatic carbocycles. The molecule has 156 valence electrons. The number of nitrogens with one attached hydrogen (secondary N) is 2. The summed E-state index contributed by atoms with van der Waals surface area (Å²) in [6.07, 6.45) is 0. The summed E-state index contributed by atoms with van der Waals surface area (Å²) in [6.45, 7) is 5.49. The van der Waals surface area contributed by atoms with Crippen LogP contribution in [0.15, 0.2) is 77.2 Å². The molecule has 3 aromatic carbocycles. The van der Waals surface area contributed by atoms with E-state index >= 15 is 0 Å². The van der Waals surface area contributed by atoms with E-state index in [9.17, 15) is 9.59 Å². The molecule has 4 aromatic rings. The van der Waals surface area contributed by atoms with Gasteiger partial charge in [0.05, 0.1) is 5.69 Å². The Morgan fingerprint density at radius 3 is 2.16 bits per heavy atom. The number of hydrogen-bond acceptors (Lipinski definition) is 3. The van der Waals surface area contributed by atoms with Gasteiger partial charge in [0.1, 0.15) is 5.58 Å². The zero-order valence-electron chi connectivity index (χ0n) is 17.7. The lowest BCUT2D eigenvalue weighted by atomic mass is 10.1. The van der Waals surface area contributed by atoms with Crippen LogP contribution in [0.3, 0.4) is 0 Å². The molecule has 5 nitrogen and oxygen atoms in total. The summed E-state index contributed by atoms with van der Waals surface area (Å²) in [5.74, 6) is -0.336. The van der Waals surface area contributed by atoms with E-state index in [0.717, 1.165) is 16.5 Å². The van der Waals surface area contributed by atoms with Gasteiger partial charge < -0.3 is 15.1 Å². The standard InChI is InChI=1S/C26H24N2O3/c1-16(2)25(29)28-21-10-7-11-22-23(21)17(3)24(31-22)26(30)27-20-14-12-19(13-15-20)18-8-5-4-6-9-18/h4-16H,1-3H3,(H,27,30)(H,28,29). The highest BCUT2D eigenvalue weighted by molar-refractivity contribution is 6.10. The van der Waals surface area contributed by atoms with Crippen LogP contribution in [-0.4, -0.2) is 11.8 Å². The van der Waals surface area contributed by atoms with E-state index < -0.39 is 0 Å². The van der Waals surface area contributed by atoms with Crippen LogP contribution in [0.1, 0.15) is 30.0 Å². The average Bonchev–Trinajstić information content (AvgIpc) is 3.12. The number of benzene rings is 3. The number of aryl methyl sites for hydroxylation is 1. The van der Waals surface area contributed by atoms with Crippen LogP contribution >= 0.6 is 0 Å². The fourth-order valence-corrected chi connectivity index (χ4v) is 3.47. The Morgan fingerprint density at radius 1 is 0.806 bits per heavy atom. The molecule has 2 N–H and O–H groups in total. The van der Waals surface area contributed by atoms with Gasteiger partial charge in [-0.15, -0.1) is 0 Å². The minimum atomic E-state index is -0.331. The fraction of sp³-hybridized carbons (Fsp3) is 0.154. The summed E-state index contributed by atoms with van der Waals surface area (Å²) < 4.78 is 5.85.